The summed E-state index contributed by atoms with van der Waals surface area (Å²) in [6.45, 7) is 0. The fourth-order valence-corrected chi connectivity index (χ4v) is 2.81. The number of aromatic nitrogens is 3. The minimum atomic E-state index is 0.306. The van der Waals surface area contributed by atoms with E-state index in [0.29, 0.717) is 17.9 Å². The van der Waals surface area contributed by atoms with Gasteiger partial charge in [-0.25, -0.2) is 0 Å². The van der Waals surface area contributed by atoms with Crippen LogP contribution in [0.4, 0.5) is 11.5 Å². The predicted octanol–water partition coefficient (Wildman–Crippen LogP) is 4.25. The number of fused-ring (bicyclic) bond motifs is 1. The van der Waals surface area contributed by atoms with Crippen molar-refractivity contribution < 1.29 is 0 Å². The number of benzene rings is 2. The Kier molecular flexibility index (Phi) is 4.06. The molecule has 0 aliphatic heterocycles. The molecular formula is C20H15N4O-. The zero-order valence-electron chi connectivity index (χ0n) is 13.4. The van der Waals surface area contributed by atoms with Crippen LogP contribution in [-0.4, -0.2) is 15.2 Å². The molecule has 2 aromatic carbocycles. The van der Waals surface area contributed by atoms with Gasteiger partial charge in [-0.05, 0) is 29.8 Å². The van der Waals surface area contributed by atoms with Crippen molar-refractivity contribution in [1.29, 1.82) is 0 Å². The lowest BCUT2D eigenvalue weighted by atomic mass is 10.0. The molecule has 0 bridgehead atoms. The maximum absolute atomic E-state index is 12.7. The molecule has 0 atom stereocenters. The van der Waals surface area contributed by atoms with Crippen molar-refractivity contribution in [2.24, 2.45) is 0 Å². The summed E-state index contributed by atoms with van der Waals surface area (Å²) >= 11 is 0. The minimum Gasteiger partial charge on any atom is -0.753 e. The molecule has 0 N–H and O–H groups in total. The van der Waals surface area contributed by atoms with Gasteiger partial charge >= 0.3 is 0 Å². The smallest absolute Gasteiger partial charge is 0.152 e. The van der Waals surface area contributed by atoms with Gasteiger partial charge in [0.25, 0.3) is 0 Å². The Bertz CT molecular complexity index is 990. The Balaban J connectivity index is 1.79. The van der Waals surface area contributed by atoms with Crippen molar-refractivity contribution in [3.63, 3.8) is 0 Å². The van der Waals surface area contributed by atoms with Gasteiger partial charge in [-0.3, -0.25) is 4.98 Å². The van der Waals surface area contributed by atoms with Gasteiger partial charge in [0.2, 0.25) is 0 Å². The zero-order valence-corrected chi connectivity index (χ0v) is 13.4. The first-order valence-corrected chi connectivity index (χ1v) is 7.98. The number of hydrogen-bond acceptors (Lipinski definition) is 5. The second kappa shape index (κ2) is 6.67. The normalized spacial score (nSPS) is 10.8. The molecular weight excluding hydrogens is 312 g/mol. The first-order chi connectivity index (χ1) is 12.3. The number of hydrogen-bond donors (Lipinski definition) is 0. The van der Waals surface area contributed by atoms with E-state index >= 15 is 0 Å². The van der Waals surface area contributed by atoms with Crippen LogP contribution in [0.25, 0.3) is 10.8 Å². The molecule has 0 aliphatic rings. The number of nitrogens with zero attached hydrogens (tertiary/aromatic N) is 4. The molecule has 0 aliphatic carbocycles. The van der Waals surface area contributed by atoms with Gasteiger partial charge < -0.3 is 10.3 Å². The van der Waals surface area contributed by atoms with E-state index in [-0.39, 0.29) is 0 Å². The highest BCUT2D eigenvalue weighted by atomic mass is 16.5. The first kappa shape index (κ1) is 15.2. The van der Waals surface area contributed by atoms with Gasteiger partial charge in [0.1, 0.15) is 0 Å². The molecule has 0 unspecified atom stereocenters. The average Bonchev–Trinajstić information content (AvgIpc) is 2.69. The lowest BCUT2D eigenvalue weighted by Gasteiger charge is -2.30. The largest absolute Gasteiger partial charge is 0.753 e. The standard InChI is InChI=1S/C20H15N4O/c25-24(16-6-2-1-3-7-16)20-18-9-5-4-8-17(18)19(22-23-20)14-15-10-12-21-13-11-15/h1-13H,14H2/q-1. The molecule has 0 amide bonds. The Morgan fingerprint density at radius 2 is 1.44 bits per heavy atom. The quantitative estimate of drug-likeness (QED) is 0.524. The molecule has 4 rings (SSSR count). The highest BCUT2D eigenvalue weighted by Gasteiger charge is 2.11. The van der Waals surface area contributed by atoms with Crippen LogP contribution in [-0.2, 0) is 6.42 Å². The van der Waals surface area contributed by atoms with E-state index in [1.807, 2.05) is 54.6 Å². The lowest BCUT2D eigenvalue weighted by Crippen LogP contribution is -2.11. The van der Waals surface area contributed by atoms with Crippen LogP contribution in [0.1, 0.15) is 11.3 Å². The van der Waals surface area contributed by atoms with Crippen molar-refractivity contribution in [2.75, 3.05) is 5.06 Å². The van der Waals surface area contributed by atoms with Gasteiger partial charge in [-0.15, -0.1) is 5.10 Å². The van der Waals surface area contributed by atoms with E-state index in [2.05, 4.69) is 15.2 Å². The highest BCUT2D eigenvalue weighted by molar-refractivity contribution is 5.95. The minimum absolute atomic E-state index is 0.306. The molecule has 5 nitrogen and oxygen atoms in total. The molecule has 0 radical (unpaired) electrons. The van der Waals surface area contributed by atoms with Crippen LogP contribution < -0.4 is 5.06 Å². The second-order valence-corrected chi connectivity index (χ2v) is 5.68. The van der Waals surface area contributed by atoms with E-state index in [1.54, 1.807) is 24.5 Å². The second-order valence-electron chi connectivity index (χ2n) is 5.68. The van der Waals surface area contributed by atoms with Crippen LogP contribution >= 0.6 is 0 Å². The van der Waals surface area contributed by atoms with Crippen molar-refractivity contribution in [2.45, 2.75) is 6.42 Å². The number of pyridine rings is 1. The molecule has 0 saturated carbocycles. The molecule has 2 aromatic heterocycles. The monoisotopic (exact) mass is 327 g/mol. The van der Waals surface area contributed by atoms with E-state index in [9.17, 15) is 5.21 Å². The van der Waals surface area contributed by atoms with E-state index < -0.39 is 0 Å². The summed E-state index contributed by atoms with van der Waals surface area (Å²) in [6, 6.07) is 20.7. The van der Waals surface area contributed by atoms with E-state index in [4.69, 9.17) is 0 Å². The van der Waals surface area contributed by atoms with Gasteiger partial charge in [0.15, 0.2) is 5.82 Å². The number of anilines is 2. The van der Waals surface area contributed by atoms with Crippen molar-refractivity contribution in [3.8, 4) is 0 Å². The van der Waals surface area contributed by atoms with Gasteiger partial charge in [0.05, 0.1) is 5.69 Å². The van der Waals surface area contributed by atoms with E-state index in [0.717, 1.165) is 27.1 Å². The summed E-state index contributed by atoms with van der Waals surface area (Å²) in [5, 5.41) is 23.8. The summed E-state index contributed by atoms with van der Waals surface area (Å²) in [6.07, 6.45) is 4.16. The van der Waals surface area contributed by atoms with Crippen molar-refractivity contribution in [3.05, 3.63) is 95.6 Å². The van der Waals surface area contributed by atoms with Crippen LogP contribution in [0.15, 0.2) is 79.1 Å². The zero-order chi connectivity index (χ0) is 17.1. The van der Waals surface area contributed by atoms with Crippen molar-refractivity contribution in [1.82, 2.24) is 15.2 Å². The van der Waals surface area contributed by atoms with Gasteiger partial charge in [-0.1, -0.05) is 42.5 Å². The topological polar surface area (TPSA) is 65.0 Å². The van der Waals surface area contributed by atoms with Crippen LogP contribution in [0.2, 0.25) is 0 Å². The maximum atomic E-state index is 12.7. The molecule has 25 heavy (non-hydrogen) atoms. The summed E-state index contributed by atoms with van der Waals surface area (Å²) in [7, 11) is 0. The predicted molar refractivity (Wildman–Crippen MR) is 98.5 cm³/mol. The SMILES string of the molecule is [O-]N(c1ccccc1)c1nnc(Cc2ccncc2)c2ccccc12. The van der Waals surface area contributed by atoms with Crippen LogP contribution in [0.5, 0.6) is 0 Å². The molecule has 2 heterocycles. The Morgan fingerprint density at radius 3 is 2.20 bits per heavy atom. The summed E-state index contributed by atoms with van der Waals surface area (Å²) < 4.78 is 0. The summed E-state index contributed by atoms with van der Waals surface area (Å²) in [5.74, 6) is 0.306. The molecule has 0 spiro atoms. The average molecular weight is 327 g/mol. The molecule has 122 valence electrons. The molecule has 5 heteroatoms. The van der Waals surface area contributed by atoms with Crippen LogP contribution in [0.3, 0.4) is 0 Å². The van der Waals surface area contributed by atoms with Gasteiger partial charge in [0, 0.05) is 35.3 Å². The van der Waals surface area contributed by atoms with Crippen LogP contribution in [0, 0.1) is 5.21 Å². The Labute approximate surface area is 145 Å². The third-order valence-electron chi connectivity index (χ3n) is 4.05. The number of para-hydroxylation sites is 1. The fourth-order valence-electron chi connectivity index (χ4n) is 2.81. The Morgan fingerprint density at radius 1 is 0.760 bits per heavy atom. The Hall–Kier alpha value is -3.31. The third-order valence-corrected chi connectivity index (χ3v) is 4.05. The summed E-state index contributed by atoms with van der Waals surface area (Å²) in [5.41, 5.74) is 2.47. The maximum Gasteiger partial charge on any atom is 0.152 e. The third kappa shape index (κ3) is 3.05. The molecule has 0 fully saturated rings. The van der Waals surface area contributed by atoms with E-state index in [1.165, 1.54) is 0 Å². The lowest BCUT2D eigenvalue weighted by molar-refractivity contribution is 0.946. The molecule has 4 aromatic rings. The fraction of sp³-hybridized carbons (Fsp3) is 0.0500. The summed E-state index contributed by atoms with van der Waals surface area (Å²) in [4.78, 5) is 4.04. The highest BCUT2D eigenvalue weighted by Crippen LogP contribution is 2.30. The first-order valence-electron chi connectivity index (χ1n) is 7.98. The number of rotatable bonds is 4. The van der Waals surface area contributed by atoms with Gasteiger partial charge in [-0.2, -0.15) is 5.10 Å². The van der Waals surface area contributed by atoms with Crippen molar-refractivity contribution >= 4 is 22.3 Å². The molecule has 0 saturated heterocycles.